The minimum absolute atomic E-state index is 0.0358. The zero-order valence-corrected chi connectivity index (χ0v) is 14.3. The van der Waals surface area contributed by atoms with Gasteiger partial charge in [-0.3, -0.25) is 4.79 Å². The fourth-order valence-electron chi connectivity index (χ4n) is 2.51. The molecule has 116 valence electrons. The highest BCUT2D eigenvalue weighted by molar-refractivity contribution is 7.97. The highest BCUT2D eigenvalue weighted by Gasteiger charge is 2.11. The van der Waals surface area contributed by atoms with Crippen molar-refractivity contribution in [3.8, 4) is 0 Å². The minimum Gasteiger partial charge on any atom is -0.321 e. The fraction of sp³-hybridized carbons (Fsp3) is 0.316. The number of nitrogens with one attached hydrogen (secondary N) is 1. The maximum atomic E-state index is 12.5. The Hall–Kier alpha value is -1.74. The summed E-state index contributed by atoms with van der Waals surface area (Å²) in [6.45, 7) is 4.23. The van der Waals surface area contributed by atoms with Crippen LogP contribution in [0.15, 0.2) is 42.5 Å². The second-order valence-corrected chi connectivity index (χ2v) is 6.11. The number of carbonyl (C=O) groups is 1. The molecule has 1 amide bonds. The van der Waals surface area contributed by atoms with Crippen LogP contribution >= 0.6 is 11.8 Å². The van der Waals surface area contributed by atoms with E-state index in [1.807, 2.05) is 24.3 Å². The van der Waals surface area contributed by atoms with Crippen LogP contribution in [0.2, 0.25) is 0 Å². The molecule has 0 heterocycles. The predicted molar refractivity (Wildman–Crippen MR) is 96.8 cm³/mol. The molecule has 0 aromatic heterocycles. The van der Waals surface area contributed by atoms with Crippen LogP contribution in [-0.2, 0) is 18.6 Å². The van der Waals surface area contributed by atoms with Crippen LogP contribution in [0.3, 0.4) is 0 Å². The fourth-order valence-corrected chi connectivity index (χ4v) is 3.03. The van der Waals surface area contributed by atoms with E-state index in [4.69, 9.17) is 0 Å². The third-order valence-corrected chi connectivity index (χ3v) is 4.39. The zero-order valence-electron chi connectivity index (χ0n) is 13.5. The van der Waals surface area contributed by atoms with Crippen molar-refractivity contribution in [1.82, 2.24) is 0 Å². The number of para-hydroxylation sites is 1. The molecule has 2 aromatic carbocycles. The molecule has 0 saturated carbocycles. The van der Waals surface area contributed by atoms with Gasteiger partial charge in [0.05, 0.1) is 0 Å². The number of carbonyl (C=O) groups excluding carboxylic acids is 1. The zero-order chi connectivity index (χ0) is 15.9. The van der Waals surface area contributed by atoms with Crippen molar-refractivity contribution >= 4 is 23.4 Å². The first-order valence-electron chi connectivity index (χ1n) is 7.69. The Bertz CT molecular complexity index is 612. The van der Waals surface area contributed by atoms with Crippen LogP contribution < -0.4 is 5.32 Å². The maximum absolute atomic E-state index is 12.5. The lowest BCUT2D eigenvalue weighted by Gasteiger charge is -2.14. The number of benzene rings is 2. The third kappa shape index (κ3) is 3.92. The van der Waals surface area contributed by atoms with Crippen molar-refractivity contribution in [2.45, 2.75) is 32.4 Å². The van der Waals surface area contributed by atoms with E-state index in [1.54, 1.807) is 11.8 Å². The van der Waals surface area contributed by atoms with E-state index in [1.165, 1.54) is 16.7 Å². The monoisotopic (exact) mass is 313 g/mol. The van der Waals surface area contributed by atoms with Crippen LogP contribution in [0.25, 0.3) is 0 Å². The minimum atomic E-state index is -0.0358. The van der Waals surface area contributed by atoms with Gasteiger partial charge in [0.25, 0.3) is 5.91 Å². The summed E-state index contributed by atoms with van der Waals surface area (Å²) < 4.78 is 0. The molecule has 0 saturated heterocycles. The van der Waals surface area contributed by atoms with E-state index in [-0.39, 0.29) is 5.91 Å². The molecule has 0 aliphatic carbocycles. The van der Waals surface area contributed by atoms with Crippen molar-refractivity contribution in [2.24, 2.45) is 0 Å². The average Bonchev–Trinajstić information content (AvgIpc) is 2.56. The number of thioether (sulfide) groups is 1. The molecule has 22 heavy (non-hydrogen) atoms. The molecule has 2 nitrogen and oxygen atoms in total. The quantitative estimate of drug-likeness (QED) is 0.819. The highest BCUT2D eigenvalue weighted by Crippen LogP contribution is 2.23. The number of amides is 1. The van der Waals surface area contributed by atoms with E-state index >= 15 is 0 Å². The lowest BCUT2D eigenvalue weighted by atomic mass is 10.0. The second kappa shape index (κ2) is 8.04. The van der Waals surface area contributed by atoms with Crippen molar-refractivity contribution in [1.29, 1.82) is 0 Å². The van der Waals surface area contributed by atoms with Gasteiger partial charge < -0.3 is 5.32 Å². The molecule has 0 spiro atoms. The predicted octanol–water partition coefficient (Wildman–Crippen LogP) is 4.93. The lowest BCUT2D eigenvalue weighted by Crippen LogP contribution is -2.14. The molecule has 0 atom stereocenters. The molecule has 0 aliphatic rings. The molecule has 0 unspecified atom stereocenters. The van der Waals surface area contributed by atoms with Gasteiger partial charge in [0.1, 0.15) is 0 Å². The smallest absolute Gasteiger partial charge is 0.255 e. The van der Waals surface area contributed by atoms with Crippen molar-refractivity contribution in [3.63, 3.8) is 0 Å². The average molecular weight is 313 g/mol. The van der Waals surface area contributed by atoms with E-state index in [9.17, 15) is 4.79 Å². The van der Waals surface area contributed by atoms with Crippen molar-refractivity contribution < 1.29 is 4.79 Å². The molecule has 1 N–H and O–H groups in total. The summed E-state index contributed by atoms with van der Waals surface area (Å²) in [5.74, 6) is 0.937. The van der Waals surface area contributed by atoms with Crippen molar-refractivity contribution in [3.05, 3.63) is 64.7 Å². The number of anilines is 1. The standard InChI is InChI=1S/C19H23NOS/c1-4-15-7-6-8-16(5-2)18(15)20-19(21)17-11-9-14(10-12-17)13-22-3/h6-12H,4-5,13H2,1-3H3,(H,20,21). The van der Waals surface area contributed by atoms with E-state index < -0.39 is 0 Å². The van der Waals surface area contributed by atoms with Gasteiger partial charge in [-0.25, -0.2) is 0 Å². The molecule has 0 bridgehead atoms. The molecule has 2 rings (SSSR count). The van der Waals surface area contributed by atoms with E-state index in [0.29, 0.717) is 5.56 Å². The van der Waals surface area contributed by atoms with Gasteiger partial charge in [0, 0.05) is 17.0 Å². The number of rotatable bonds is 6. The second-order valence-electron chi connectivity index (χ2n) is 5.24. The number of hydrogen-bond acceptors (Lipinski definition) is 2. The summed E-state index contributed by atoms with van der Waals surface area (Å²) in [7, 11) is 0. The summed E-state index contributed by atoms with van der Waals surface area (Å²) in [5.41, 5.74) is 5.30. The number of hydrogen-bond donors (Lipinski definition) is 1. The molecular weight excluding hydrogens is 290 g/mol. The molecule has 2 aromatic rings. The lowest BCUT2D eigenvalue weighted by molar-refractivity contribution is 0.102. The molecule has 0 fully saturated rings. The molecule has 3 heteroatoms. The van der Waals surface area contributed by atoms with E-state index in [0.717, 1.165) is 24.3 Å². The van der Waals surface area contributed by atoms with Crippen LogP contribution in [0.5, 0.6) is 0 Å². The van der Waals surface area contributed by atoms with Gasteiger partial charge >= 0.3 is 0 Å². The highest BCUT2D eigenvalue weighted by atomic mass is 32.2. The first-order valence-corrected chi connectivity index (χ1v) is 9.09. The normalized spacial score (nSPS) is 10.5. The Labute approximate surface area is 137 Å². The topological polar surface area (TPSA) is 29.1 Å². The Morgan fingerprint density at radius 1 is 1.00 bits per heavy atom. The summed E-state index contributed by atoms with van der Waals surface area (Å²) >= 11 is 1.78. The van der Waals surface area contributed by atoms with Gasteiger partial charge in [-0.15, -0.1) is 0 Å². The summed E-state index contributed by atoms with van der Waals surface area (Å²) in [4.78, 5) is 12.5. The first-order chi connectivity index (χ1) is 10.7. The Balaban J connectivity index is 2.21. The van der Waals surface area contributed by atoms with Crippen LogP contribution in [0, 0.1) is 0 Å². The molecular formula is C19H23NOS. The van der Waals surface area contributed by atoms with Gasteiger partial charge in [-0.1, -0.05) is 44.2 Å². The maximum Gasteiger partial charge on any atom is 0.255 e. The first kappa shape index (κ1) is 16.6. The Kier molecular flexibility index (Phi) is 6.08. The Morgan fingerprint density at radius 2 is 1.59 bits per heavy atom. The van der Waals surface area contributed by atoms with Crippen molar-refractivity contribution in [2.75, 3.05) is 11.6 Å². The number of aryl methyl sites for hydroxylation is 2. The third-order valence-electron chi connectivity index (χ3n) is 3.76. The molecule has 0 radical (unpaired) electrons. The largest absolute Gasteiger partial charge is 0.321 e. The van der Waals surface area contributed by atoms with Gasteiger partial charge in [0.15, 0.2) is 0 Å². The van der Waals surface area contributed by atoms with Crippen LogP contribution in [-0.4, -0.2) is 12.2 Å². The summed E-state index contributed by atoms with van der Waals surface area (Å²) in [6.07, 6.45) is 3.90. The Morgan fingerprint density at radius 3 is 2.09 bits per heavy atom. The summed E-state index contributed by atoms with van der Waals surface area (Å²) in [5, 5.41) is 3.10. The SMILES string of the molecule is CCc1cccc(CC)c1NC(=O)c1ccc(CSC)cc1. The van der Waals surface area contributed by atoms with Gasteiger partial charge in [-0.05, 0) is 47.9 Å². The molecule has 0 aliphatic heterocycles. The van der Waals surface area contributed by atoms with Gasteiger partial charge in [0.2, 0.25) is 0 Å². The van der Waals surface area contributed by atoms with Gasteiger partial charge in [-0.2, -0.15) is 11.8 Å². The van der Waals surface area contributed by atoms with Crippen LogP contribution in [0.1, 0.15) is 40.9 Å². The summed E-state index contributed by atoms with van der Waals surface area (Å²) in [6, 6.07) is 14.1. The van der Waals surface area contributed by atoms with Crippen LogP contribution in [0.4, 0.5) is 5.69 Å². The van der Waals surface area contributed by atoms with E-state index in [2.05, 4.69) is 43.6 Å².